The van der Waals surface area contributed by atoms with Crippen LogP contribution >= 0.6 is 27.5 Å². The van der Waals surface area contributed by atoms with E-state index in [1.165, 1.54) is 12.1 Å². The molecule has 0 bridgehead atoms. The molecule has 0 fully saturated rings. The molecule has 0 N–H and O–H groups in total. The van der Waals surface area contributed by atoms with Crippen molar-refractivity contribution in [3.8, 4) is 0 Å². The zero-order valence-electron chi connectivity index (χ0n) is 9.18. The Labute approximate surface area is 116 Å². The second kappa shape index (κ2) is 6.43. The van der Waals surface area contributed by atoms with Crippen molar-refractivity contribution in [2.45, 2.75) is 6.18 Å². The van der Waals surface area contributed by atoms with Crippen LogP contribution in [0.3, 0.4) is 0 Å². The fourth-order valence-corrected chi connectivity index (χ4v) is 2.02. The number of halogens is 5. The maximum absolute atomic E-state index is 12.4. The summed E-state index contributed by atoms with van der Waals surface area (Å²) in [6, 6.07) is 6.04. The second-order valence-electron chi connectivity index (χ2n) is 3.51. The molecule has 0 aromatic heterocycles. The number of carbonyl (C=O) groups is 1. The standard InChI is InChI=1S/C11H10BrClF3NO/c12-5-6-17(7-11(14,15)16)10(18)8-3-1-2-4-9(8)13/h1-4H,5-7H2. The summed E-state index contributed by atoms with van der Waals surface area (Å²) in [5.74, 6) is -0.725. The van der Waals surface area contributed by atoms with Crippen LogP contribution in [0.5, 0.6) is 0 Å². The maximum Gasteiger partial charge on any atom is 0.406 e. The summed E-state index contributed by atoms with van der Waals surface area (Å²) in [5, 5.41) is 0.406. The highest BCUT2D eigenvalue weighted by molar-refractivity contribution is 9.09. The van der Waals surface area contributed by atoms with E-state index in [4.69, 9.17) is 11.6 Å². The number of hydrogen-bond donors (Lipinski definition) is 0. The van der Waals surface area contributed by atoms with Crippen LogP contribution in [-0.2, 0) is 0 Å². The molecular formula is C11H10BrClF3NO. The predicted octanol–water partition coefficient (Wildman–Crippen LogP) is 3.74. The third-order valence-corrected chi connectivity index (χ3v) is 2.80. The Kier molecular flexibility index (Phi) is 5.47. The Morgan fingerprint density at radius 3 is 2.44 bits per heavy atom. The Hall–Kier alpha value is -0.750. The highest BCUT2D eigenvalue weighted by Crippen LogP contribution is 2.21. The van der Waals surface area contributed by atoms with Gasteiger partial charge in [-0.2, -0.15) is 13.2 Å². The molecule has 0 saturated heterocycles. The van der Waals surface area contributed by atoms with Crippen molar-refractivity contribution in [3.63, 3.8) is 0 Å². The first-order chi connectivity index (χ1) is 8.35. The first kappa shape index (κ1) is 15.3. The minimum atomic E-state index is -4.43. The fraction of sp³-hybridized carbons (Fsp3) is 0.364. The lowest BCUT2D eigenvalue weighted by Crippen LogP contribution is -2.40. The molecule has 0 spiro atoms. The van der Waals surface area contributed by atoms with Crippen molar-refractivity contribution in [2.75, 3.05) is 18.4 Å². The lowest BCUT2D eigenvalue weighted by atomic mass is 10.2. The monoisotopic (exact) mass is 343 g/mol. The number of rotatable bonds is 4. The lowest BCUT2D eigenvalue weighted by Gasteiger charge is -2.23. The fourth-order valence-electron chi connectivity index (χ4n) is 1.38. The first-order valence-corrected chi connectivity index (χ1v) is 6.51. The van der Waals surface area contributed by atoms with E-state index >= 15 is 0 Å². The predicted molar refractivity (Wildman–Crippen MR) is 67.2 cm³/mol. The number of hydrogen-bond acceptors (Lipinski definition) is 1. The topological polar surface area (TPSA) is 20.3 Å². The number of carbonyl (C=O) groups excluding carboxylic acids is 1. The highest BCUT2D eigenvalue weighted by Gasteiger charge is 2.33. The van der Waals surface area contributed by atoms with Gasteiger partial charge in [-0.25, -0.2) is 0 Å². The summed E-state index contributed by atoms with van der Waals surface area (Å²) in [7, 11) is 0. The van der Waals surface area contributed by atoms with Crippen LogP contribution in [0.2, 0.25) is 5.02 Å². The van der Waals surface area contributed by atoms with Crippen molar-refractivity contribution < 1.29 is 18.0 Å². The Bertz CT molecular complexity index is 425. The molecule has 1 rings (SSSR count). The van der Waals surface area contributed by atoms with Crippen LogP contribution in [0, 0.1) is 0 Å². The molecule has 0 heterocycles. The Morgan fingerprint density at radius 2 is 1.94 bits per heavy atom. The van der Waals surface area contributed by atoms with Gasteiger partial charge in [0, 0.05) is 11.9 Å². The van der Waals surface area contributed by atoms with Gasteiger partial charge >= 0.3 is 6.18 Å². The molecule has 0 aliphatic carbocycles. The summed E-state index contributed by atoms with van der Waals surface area (Å²) in [4.78, 5) is 12.7. The smallest absolute Gasteiger partial charge is 0.329 e. The molecule has 100 valence electrons. The molecule has 1 aromatic rings. The van der Waals surface area contributed by atoms with E-state index in [1.54, 1.807) is 12.1 Å². The SMILES string of the molecule is O=C(c1ccccc1Cl)N(CCBr)CC(F)(F)F. The van der Waals surface area contributed by atoms with E-state index in [2.05, 4.69) is 15.9 Å². The van der Waals surface area contributed by atoms with E-state index in [1.807, 2.05) is 0 Å². The van der Waals surface area contributed by atoms with Crippen molar-refractivity contribution in [2.24, 2.45) is 0 Å². The van der Waals surface area contributed by atoms with Gasteiger partial charge in [-0.15, -0.1) is 0 Å². The summed E-state index contributed by atoms with van der Waals surface area (Å²) in [6.45, 7) is -1.33. The molecule has 0 radical (unpaired) electrons. The summed E-state index contributed by atoms with van der Waals surface area (Å²) in [5.41, 5.74) is 0.0735. The normalized spacial score (nSPS) is 11.4. The van der Waals surface area contributed by atoms with Crippen molar-refractivity contribution in [3.05, 3.63) is 34.9 Å². The molecule has 0 unspecified atom stereocenters. The molecular weight excluding hydrogens is 334 g/mol. The largest absolute Gasteiger partial charge is 0.406 e. The van der Waals surface area contributed by atoms with Crippen LogP contribution in [-0.4, -0.2) is 35.4 Å². The van der Waals surface area contributed by atoms with E-state index in [-0.39, 0.29) is 22.5 Å². The van der Waals surface area contributed by atoms with Gasteiger partial charge in [0.1, 0.15) is 6.54 Å². The maximum atomic E-state index is 12.4. The van der Waals surface area contributed by atoms with Crippen molar-refractivity contribution in [1.82, 2.24) is 4.90 Å². The molecule has 1 aromatic carbocycles. The third-order valence-electron chi connectivity index (χ3n) is 2.12. The third kappa shape index (κ3) is 4.49. The van der Waals surface area contributed by atoms with Gasteiger partial charge in [-0.1, -0.05) is 39.7 Å². The number of nitrogens with zero attached hydrogens (tertiary/aromatic N) is 1. The van der Waals surface area contributed by atoms with Gasteiger partial charge in [0.05, 0.1) is 10.6 Å². The van der Waals surface area contributed by atoms with Gasteiger partial charge < -0.3 is 4.90 Å². The van der Waals surface area contributed by atoms with E-state index in [9.17, 15) is 18.0 Å². The van der Waals surface area contributed by atoms with Gasteiger partial charge in [0.25, 0.3) is 5.91 Å². The highest BCUT2D eigenvalue weighted by atomic mass is 79.9. The first-order valence-electron chi connectivity index (χ1n) is 5.01. The summed E-state index contributed by atoms with van der Waals surface area (Å²) in [6.07, 6.45) is -4.43. The van der Waals surface area contributed by atoms with Crippen molar-refractivity contribution in [1.29, 1.82) is 0 Å². The second-order valence-corrected chi connectivity index (χ2v) is 4.71. The van der Waals surface area contributed by atoms with E-state index in [0.717, 1.165) is 4.90 Å². The average Bonchev–Trinajstić information content (AvgIpc) is 2.26. The zero-order chi connectivity index (χ0) is 13.8. The van der Waals surface area contributed by atoms with Crippen LogP contribution in [0.1, 0.15) is 10.4 Å². The van der Waals surface area contributed by atoms with Gasteiger partial charge in [0.15, 0.2) is 0 Å². The molecule has 7 heteroatoms. The molecule has 0 aliphatic rings. The van der Waals surface area contributed by atoms with Crippen LogP contribution in [0.15, 0.2) is 24.3 Å². The van der Waals surface area contributed by atoms with Gasteiger partial charge in [-0.05, 0) is 12.1 Å². The summed E-state index contributed by atoms with van der Waals surface area (Å²) < 4.78 is 37.1. The van der Waals surface area contributed by atoms with Gasteiger partial charge in [0.2, 0.25) is 0 Å². The molecule has 18 heavy (non-hydrogen) atoms. The number of amides is 1. The Balaban J connectivity index is 2.93. The number of alkyl halides is 4. The average molecular weight is 345 g/mol. The lowest BCUT2D eigenvalue weighted by molar-refractivity contribution is -0.140. The number of benzene rings is 1. The van der Waals surface area contributed by atoms with Crippen LogP contribution in [0.25, 0.3) is 0 Å². The van der Waals surface area contributed by atoms with Crippen molar-refractivity contribution >= 4 is 33.4 Å². The molecule has 0 atom stereocenters. The molecule has 0 aliphatic heterocycles. The van der Waals surface area contributed by atoms with E-state index in [0.29, 0.717) is 0 Å². The van der Waals surface area contributed by atoms with Crippen LogP contribution in [0.4, 0.5) is 13.2 Å². The minimum Gasteiger partial charge on any atom is -0.329 e. The quantitative estimate of drug-likeness (QED) is 0.762. The minimum absolute atomic E-state index is 0.0381. The zero-order valence-corrected chi connectivity index (χ0v) is 11.5. The van der Waals surface area contributed by atoms with E-state index < -0.39 is 18.6 Å². The van der Waals surface area contributed by atoms with Gasteiger partial charge in [-0.3, -0.25) is 4.79 Å². The molecule has 1 amide bonds. The van der Waals surface area contributed by atoms with Crippen LogP contribution < -0.4 is 0 Å². The molecule has 0 saturated carbocycles. The Morgan fingerprint density at radius 1 is 1.33 bits per heavy atom. The summed E-state index contributed by atoms with van der Waals surface area (Å²) >= 11 is 8.82. The molecule has 2 nitrogen and oxygen atoms in total.